The van der Waals surface area contributed by atoms with Crippen LogP contribution in [0, 0.1) is 0 Å². The average Bonchev–Trinajstić information content (AvgIpc) is 3.09. The molecule has 0 spiro atoms. The summed E-state index contributed by atoms with van der Waals surface area (Å²) in [6, 6.07) is 7.40. The zero-order chi connectivity index (χ0) is 20.6. The predicted molar refractivity (Wildman–Crippen MR) is 111 cm³/mol. The Morgan fingerprint density at radius 1 is 1.28 bits per heavy atom. The first-order chi connectivity index (χ1) is 13.9. The largest absolute Gasteiger partial charge is 0.462 e. The third-order valence-corrected chi connectivity index (χ3v) is 5.84. The van der Waals surface area contributed by atoms with Crippen molar-refractivity contribution in [2.75, 3.05) is 24.6 Å². The zero-order valence-corrected chi connectivity index (χ0v) is 17.2. The quantitative estimate of drug-likeness (QED) is 0.660. The first-order valence-corrected chi connectivity index (χ1v) is 10.0. The molecular formula is C21H23ClN4O3. The van der Waals surface area contributed by atoms with Gasteiger partial charge in [-0.25, -0.2) is 9.78 Å². The molecule has 4 rings (SSSR count). The van der Waals surface area contributed by atoms with Crippen LogP contribution in [0.4, 0.5) is 5.69 Å². The number of hydrogen-bond donors (Lipinski definition) is 1. The van der Waals surface area contributed by atoms with E-state index in [0.29, 0.717) is 42.2 Å². The van der Waals surface area contributed by atoms with Crippen LogP contribution in [0.1, 0.15) is 35.7 Å². The minimum absolute atomic E-state index is 0.287. The van der Waals surface area contributed by atoms with E-state index >= 15 is 0 Å². The lowest BCUT2D eigenvalue weighted by molar-refractivity contribution is 0.0119. The Kier molecular flexibility index (Phi) is 5.19. The van der Waals surface area contributed by atoms with Crippen LogP contribution in [0.25, 0.3) is 11.0 Å². The summed E-state index contributed by atoms with van der Waals surface area (Å²) in [5.74, 6) is -0.410. The van der Waals surface area contributed by atoms with Gasteiger partial charge in [0.1, 0.15) is 5.56 Å². The molecule has 1 aliphatic rings. The third-order valence-electron chi connectivity index (χ3n) is 5.51. The Balaban J connectivity index is 1.70. The Morgan fingerprint density at radius 2 is 2.00 bits per heavy atom. The van der Waals surface area contributed by atoms with Gasteiger partial charge in [0.2, 0.25) is 0 Å². The number of carbonyl (C=O) groups is 1. The summed E-state index contributed by atoms with van der Waals surface area (Å²) in [7, 11) is 1.81. The number of halogens is 1. The van der Waals surface area contributed by atoms with E-state index in [1.165, 1.54) is 0 Å². The second-order valence-corrected chi connectivity index (χ2v) is 7.65. The van der Waals surface area contributed by atoms with E-state index in [4.69, 9.17) is 16.3 Å². The van der Waals surface area contributed by atoms with Gasteiger partial charge in [0.25, 0.3) is 0 Å². The van der Waals surface area contributed by atoms with Crippen LogP contribution >= 0.6 is 11.6 Å². The molecule has 8 heteroatoms. The molecule has 0 unspecified atom stereocenters. The highest BCUT2D eigenvalue weighted by atomic mass is 35.5. The first-order valence-electron chi connectivity index (χ1n) is 9.65. The number of carbonyl (C=O) groups excluding carboxylic acids is 1. The number of pyridine rings is 1. The maximum atomic E-state index is 12.6. The summed E-state index contributed by atoms with van der Waals surface area (Å²) >= 11 is 6.33. The molecular weight excluding hydrogens is 392 g/mol. The maximum Gasteiger partial charge on any atom is 0.341 e. The summed E-state index contributed by atoms with van der Waals surface area (Å²) in [6.45, 7) is 3.18. The number of esters is 1. The number of aryl methyl sites for hydroxylation is 1. The number of piperidine rings is 1. The topological polar surface area (TPSA) is 80.5 Å². The van der Waals surface area contributed by atoms with Gasteiger partial charge >= 0.3 is 5.97 Å². The molecule has 1 saturated heterocycles. The van der Waals surface area contributed by atoms with Gasteiger partial charge in [-0.2, -0.15) is 5.10 Å². The van der Waals surface area contributed by atoms with Gasteiger partial charge in [-0.1, -0.05) is 29.8 Å². The number of aromatic nitrogens is 3. The second kappa shape index (κ2) is 7.65. The molecule has 0 aliphatic carbocycles. The molecule has 152 valence electrons. The molecule has 3 heterocycles. The van der Waals surface area contributed by atoms with E-state index < -0.39 is 11.6 Å². The van der Waals surface area contributed by atoms with Crippen molar-refractivity contribution in [1.82, 2.24) is 14.8 Å². The highest BCUT2D eigenvalue weighted by Gasteiger charge is 2.37. The molecule has 0 amide bonds. The van der Waals surface area contributed by atoms with E-state index in [1.807, 2.05) is 25.2 Å². The molecule has 1 aliphatic heterocycles. The normalized spacial score (nSPS) is 16.2. The lowest BCUT2D eigenvalue weighted by Gasteiger charge is -2.40. The molecule has 1 N–H and O–H groups in total. The maximum absolute atomic E-state index is 12.6. The van der Waals surface area contributed by atoms with E-state index in [9.17, 15) is 9.90 Å². The van der Waals surface area contributed by atoms with Crippen LogP contribution in [0.2, 0.25) is 5.02 Å². The standard InChI is InChI=1S/C21H23ClN4O3/c1-3-29-20(27)15-12-23-19-14(13-24-25(19)2)18(15)26-10-8-21(28,9-11-26)16-6-4-5-7-17(16)22/h4-7,12-13,28H,3,8-11H2,1-2H3. The van der Waals surface area contributed by atoms with Crippen molar-refractivity contribution >= 4 is 34.3 Å². The van der Waals surface area contributed by atoms with Crippen LogP contribution in [0.5, 0.6) is 0 Å². The Bertz CT molecular complexity index is 1060. The molecule has 7 nitrogen and oxygen atoms in total. The minimum atomic E-state index is -1.000. The lowest BCUT2D eigenvalue weighted by Crippen LogP contribution is -2.43. The number of benzene rings is 1. The summed E-state index contributed by atoms with van der Waals surface area (Å²) < 4.78 is 6.92. The molecule has 0 radical (unpaired) electrons. The zero-order valence-electron chi connectivity index (χ0n) is 16.4. The van der Waals surface area contributed by atoms with Crippen LogP contribution in [0.15, 0.2) is 36.7 Å². The van der Waals surface area contributed by atoms with Crippen LogP contribution < -0.4 is 4.90 Å². The number of anilines is 1. The average molecular weight is 415 g/mol. The van der Waals surface area contributed by atoms with Crippen LogP contribution in [-0.2, 0) is 17.4 Å². The fraction of sp³-hybridized carbons (Fsp3) is 0.381. The van der Waals surface area contributed by atoms with Crippen LogP contribution in [0.3, 0.4) is 0 Å². The minimum Gasteiger partial charge on any atom is -0.462 e. The second-order valence-electron chi connectivity index (χ2n) is 7.24. The molecule has 29 heavy (non-hydrogen) atoms. The molecule has 3 aromatic rings. The number of hydrogen-bond acceptors (Lipinski definition) is 6. The van der Waals surface area contributed by atoms with Gasteiger partial charge in [-0.05, 0) is 25.8 Å². The smallest absolute Gasteiger partial charge is 0.341 e. The number of fused-ring (bicyclic) bond motifs is 1. The fourth-order valence-electron chi connectivity index (χ4n) is 3.99. The molecule has 2 aromatic heterocycles. The van der Waals surface area contributed by atoms with Crippen molar-refractivity contribution < 1.29 is 14.6 Å². The highest BCUT2D eigenvalue weighted by molar-refractivity contribution is 6.31. The van der Waals surface area contributed by atoms with Gasteiger partial charge in [0.15, 0.2) is 5.65 Å². The number of aliphatic hydroxyl groups is 1. The lowest BCUT2D eigenvalue weighted by atomic mass is 9.84. The Morgan fingerprint density at radius 3 is 2.69 bits per heavy atom. The summed E-state index contributed by atoms with van der Waals surface area (Å²) in [5.41, 5.74) is 1.60. The first kappa shape index (κ1) is 19.7. The Hall–Kier alpha value is -2.64. The van der Waals surface area contributed by atoms with Crippen molar-refractivity contribution in [3.8, 4) is 0 Å². The van der Waals surface area contributed by atoms with E-state index in [-0.39, 0.29) is 6.61 Å². The Labute approximate surface area is 173 Å². The molecule has 0 atom stereocenters. The summed E-state index contributed by atoms with van der Waals surface area (Å²) in [4.78, 5) is 19.1. The van der Waals surface area contributed by atoms with Crippen LogP contribution in [-0.4, -0.2) is 45.5 Å². The van der Waals surface area contributed by atoms with E-state index in [0.717, 1.165) is 16.6 Å². The molecule has 1 fully saturated rings. The fourth-order valence-corrected chi connectivity index (χ4v) is 4.30. The van der Waals surface area contributed by atoms with Crippen molar-refractivity contribution in [3.05, 3.63) is 52.8 Å². The van der Waals surface area contributed by atoms with Crippen molar-refractivity contribution in [3.63, 3.8) is 0 Å². The van der Waals surface area contributed by atoms with Crippen molar-refractivity contribution in [2.24, 2.45) is 7.05 Å². The third kappa shape index (κ3) is 3.45. The van der Waals surface area contributed by atoms with Crippen molar-refractivity contribution in [1.29, 1.82) is 0 Å². The number of nitrogens with zero attached hydrogens (tertiary/aromatic N) is 4. The van der Waals surface area contributed by atoms with Gasteiger partial charge < -0.3 is 14.7 Å². The number of ether oxygens (including phenoxy) is 1. The van der Waals surface area contributed by atoms with E-state index in [1.54, 1.807) is 30.1 Å². The molecule has 1 aromatic carbocycles. The number of rotatable bonds is 4. The highest BCUT2D eigenvalue weighted by Crippen LogP contribution is 2.40. The predicted octanol–water partition coefficient (Wildman–Crippen LogP) is 3.29. The van der Waals surface area contributed by atoms with Gasteiger partial charge in [0.05, 0.1) is 29.5 Å². The summed E-state index contributed by atoms with van der Waals surface area (Å²) in [6.07, 6.45) is 4.24. The SMILES string of the molecule is CCOC(=O)c1cnc2c(cnn2C)c1N1CCC(O)(c2ccccc2Cl)CC1. The van der Waals surface area contributed by atoms with Gasteiger partial charge in [-0.3, -0.25) is 4.68 Å². The molecule has 0 bridgehead atoms. The van der Waals surface area contributed by atoms with Gasteiger partial charge in [-0.15, -0.1) is 0 Å². The van der Waals surface area contributed by atoms with Gasteiger partial charge in [0, 0.05) is 36.9 Å². The summed E-state index contributed by atoms with van der Waals surface area (Å²) in [5, 5.41) is 16.9. The monoisotopic (exact) mass is 414 g/mol. The van der Waals surface area contributed by atoms with E-state index in [2.05, 4.69) is 15.0 Å². The van der Waals surface area contributed by atoms with Crippen molar-refractivity contribution in [2.45, 2.75) is 25.4 Å². The molecule has 0 saturated carbocycles.